The molecule has 0 aliphatic carbocycles. The molecule has 2 saturated heterocycles. The Morgan fingerprint density at radius 2 is 1.85 bits per heavy atom. The van der Waals surface area contributed by atoms with Crippen molar-refractivity contribution in [3.8, 4) is 11.5 Å². The number of aryl methyl sites for hydroxylation is 2. The lowest BCUT2D eigenvalue weighted by atomic mass is 9.90. The van der Waals surface area contributed by atoms with Crippen molar-refractivity contribution in [2.75, 3.05) is 32.7 Å². The second-order valence-corrected chi connectivity index (χ2v) is 10.4. The van der Waals surface area contributed by atoms with Gasteiger partial charge in [0, 0.05) is 31.0 Å². The third-order valence-electron chi connectivity index (χ3n) is 7.57. The Kier molecular flexibility index (Phi) is 8.37. The zero-order chi connectivity index (χ0) is 23.2. The largest absolute Gasteiger partial charge is 0.441 e. The minimum absolute atomic E-state index is 0.247. The first-order valence-corrected chi connectivity index (χ1v) is 13.0. The summed E-state index contributed by atoms with van der Waals surface area (Å²) in [6.45, 7) is 12.8. The fraction of sp³-hybridized carbons (Fsp3) is 0.643. The fourth-order valence-corrected chi connectivity index (χ4v) is 5.46. The molecule has 2 aromatic rings. The maximum absolute atomic E-state index is 12.8. The molecule has 3 heterocycles. The van der Waals surface area contributed by atoms with Crippen molar-refractivity contribution in [3.63, 3.8) is 0 Å². The summed E-state index contributed by atoms with van der Waals surface area (Å²) in [5.41, 5.74) is 3.26. The maximum atomic E-state index is 12.8. The van der Waals surface area contributed by atoms with E-state index in [1.54, 1.807) is 0 Å². The Morgan fingerprint density at radius 1 is 1.06 bits per heavy atom. The summed E-state index contributed by atoms with van der Waals surface area (Å²) in [7, 11) is 0. The molecule has 0 radical (unpaired) electrons. The van der Waals surface area contributed by atoms with Crippen molar-refractivity contribution in [2.45, 2.75) is 72.3 Å². The van der Waals surface area contributed by atoms with E-state index < -0.39 is 0 Å². The molecule has 180 valence electrons. The summed E-state index contributed by atoms with van der Waals surface area (Å²) in [5, 5.41) is 0. The van der Waals surface area contributed by atoms with Crippen LogP contribution in [0.4, 0.5) is 0 Å². The highest BCUT2D eigenvalue weighted by Gasteiger charge is 2.26. The molecule has 5 nitrogen and oxygen atoms in total. The number of likely N-dealkylation sites (tertiary alicyclic amines) is 2. The highest BCUT2D eigenvalue weighted by molar-refractivity contribution is 5.81. The zero-order valence-corrected chi connectivity index (χ0v) is 20.8. The van der Waals surface area contributed by atoms with Gasteiger partial charge in [0.15, 0.2) is 0 Å². The molecule has 0 saturated carbocycles. The van der Waals surface area contributed by atoms with Crippen LogP contribution in [-0.2, 0) is 11.3 Å². The van der Waals surface area contributed by atoms with E-state index in [1.165, 1.54) is 31.5 Å². The molecule has 4 rings (SSSR count). The monoisotopic (exact) mass is 451 g/mol. The van der Waals surface area contributed by atoms with Gasteiger partial charge in [-0.25, -0.2) is 4.98 Å². The third-order valence-corrected chi connectivity index (χ3v) is 7.57. The topological polar surface area (TPSA) is 49.6 Å². The summed E-state index contributed by atoms with van der Waals surface area (Å²) < 4.78 is 5.99. The number of ketones is 1. The standard InChI is InChI=1S/C28H41N3O2/c1-21-9-8-16-30(19-21)15-7-6-12-27(32)24-13-17-31(18-14-24)20-26-23(3)33-28(29-26)25-11-5-4-10-22(25)2/h4-5,10-11,21,24H,6-9,12-20H2,1-3H3. The first-order chi connectivity index (χ1) is 16.0. The van der Waals surface area contributed by atoms with Gasteiger partial charge in [0.2, 0.25) is 5.89 Å². The molecular formula is C28H41N3O2. The van der Waals surface area contributed by atoms with Gasteiger partial charge in [0.05, 0.1) is 5.69 Å². The first kappa shape index (κ1) is 24.2. The van der Waals surface area contributed by atoms with Crippen molar-refractivity contribution < 1.29 is 9.21 Å². The lowest BCUT2D eigenvalue weighted by molar-refractivity contribution is -0.124. The molecule has 0 amide bonds. The van der Waals surface area contributed by atoms with E-state index in [-0.39, 0.29) is 5.92 Å². The molecular weight excluding hydrogens is 410 g/mol. The van der Waals surface area contributed by atoms with Crippen LogP contribution in [0.1, 0.15) is 68.9 Å². The smallest absolute Gasteiger partial charge is 0.226 e. The predicted octanol–water partition coefficient (Wildman–Crippen LogP) is 5.64. The molecule has 1 unspecified atom stereocenters. The Balaban J connectivity index is 1.18. The SMILES string of the molecule is Cc1ccccc1-c1nc(CN2CCC(C(=O)CCCCN3CCCC(C)C3)CC2)c(C)o1. The quantitative estimate of drug-likeness (QED) is 0.462. The van der Waals surface area contributed by atoms with Gasteiger partial charge >= 0.3 is 0 Å². The molecule has 33 heavy (non-hydrogen) atoms. The second-order valence-electron chi connectivity index (χ2n) is 10.4. The van der Waals surface area contributed by atoms with Crippen LogP contribution in [0.15, 0.2) is 28.7 Å². The summed E-state index contributed by atoms with van der Waals surface area (Å²) >= 11 is 0. The van der Waals surface area contributed by atoms with E-state index in [2.05, 4.69) is 35.8 Å². The summed E-state index contributed by atoms with van der Waals surface area (Å²) in [5.74, 6) is 3.18. The van der Waals surface area contributed by atoms with Gasteiger partial charge in [0.1, 0.15) is 11.5 Å². The number of hydrogen-bond donors (Lipinski definition) is 0. The number of carbonyl (C=O) groups is 1. The van der Waals surface area contributed by atoms with Crippen molar-refractivity contribution in [3.05, 3.63) is 41.3 Å². The van der Waals surface area contributed by atoms with Crippen LogP contribution in [0.3, 0.4) is 0 Å². The molecule has 0 spiro atoms. The average Bonchev–Trinajstić information content (AvgIpc) is 3.17. The van der Waals surface area contributed by atoms with Gasteiger partial charge in [-0.2, -0.15) is 0 Å². The average molecular weight is 452 g/mol. The van der Waals surface area contributed by atoms with Crippen LogP contribution >= 0.6 is 0 Å². The minimum atomic E-state index is 0.247. The molecule has 1 atom stereocenters. The van der Waals surface area contributed by atoms with Gasteiger partial charge in [-0.05, 0) is 96.1 Å². The number of aromatic nitrogens is 1. The van der Waals surface area contributed by atoms with Crippen LogP contribution in [0.5, 0.6) is 0 Å². The van der Waals surface area contributed by atoms with Crippen molar-refractivity contribution >= 4 is 5.78 Å². The summed E-state index contributed by atoms with van der Waals surface area (Å²) in [6, 6.07) is 8.21. The summed E-state index contributed by atoms with van der Waals surface area (Å²) in [6.07, 6.45) is 7.62. The molecule has 5 heteroatoms. The first-order valence-electron chi connectivity index (χ1n) is 13.0. The van der Waals surface area contributed by atoms with Gasteiger partial charge in [-0.1, -0.05) is 25.1 Å². The van der Waals surface area contributed by atoms with Crippen molar-refractivity contribution in [2.24, 2.45) is 11.8 Å². The molecule has 2 aliphatic rings. The number of benzene rings is 1. The van der Waals surface area contributed by atoms with Gasteiger partial charge < -0.3 is 9.32 Å². The minimum Gasteiger partial charge on any atom is -0.441 e. The molecule has 0 bridgehead atoms. The molecule has 2 fully saturated rings. The van der Waals surface area contributed by atoms with E-state index in [0.29, 0.717) is 11.7 Å². The van der Waals surface area contributed by atoms with E-state index in [4.69, 9.17) is 9.40 Å². The molecule has 2 aliphatic heterocycles. The van der Waals surface area contributed by atoms with E-state index in [9.17, 15) is 4.79 Å². The maximum Gasteiger partial charge on any atom is 0.226 e. The molecule has 1 aromatic heterocycles. The number of oxazole rings is 1. The Bertz CT molecular complexity index is 914. The van der Waals surface area contributed by atoms with E-state index >= 15 is 0 Å². The van der Waals surface area contributed by atoms with Crippen LogP contribution < -0.4 is 0 Å². The Morgan fingerprint density at radius 3 is 2.61 bits per heavy atom. The lowest BCUT2D eigenvalue weighted by Gasteiger charge is -2.31. The number of piperidine rings is 2. The highest BCUT2D eigenvalue weighted by Crippen LogP contribution is 2.27. The van der Waals surface area contributed by atoms with Gasteiger partial charge in [-0.3, -0.25) is 9.69 Å². The zero-order valence-electron chi connectivity index (χ0n) is 20.8. The number of nitrogens with zero attached hydrogens (tertiary/aromatic N) is 3. The van der Waals surface area contributed by atoms with Crippen LogP contribution in [0.25, 0.3) is 11.5 Å². The number of carbonyl (C=O) groups excluding carboxylic acids is 1. The van der Waals surface area contributed by atoms with Crippen LogP contribution in [0, 0.1) is 25.7 Å². The Labute approximate surface area is 199 Å². The number of rotatable bonds is 9. The number of hydrogen-bond acceptors (Lipinski definition) is 5. The van der Waals surface area contributed by atoms with E-state index in [0.717, 1.165) is 81.2 Å². The summed E-state index contributed by atoms with van der Waals surface area (Å²) in [4.78, 5) is 22.6. The lowest BCUT2D eigenvalue weighted by Crippen LogP contribution is -2.36. The van der Waals surface area contributed by atoms with Crippen LogP contribution in [0.2, 0.25) is 0 Å². The van der Waals surface area contributed by atoms with Gasteiger partial charge in [0.25, 0.3) is 0 Å². The predicted molar refractivity (Wildman–Crippen MR) is 133 cm³/mol. The van der Waals surface area contributed by atoms with Crippen molar-refractivity contribution in [1.82, 2.24) is 14.8 Å². The normalized spacial score (nSPS) is 20.9. The van der Waals surface area contributed by atoms with Crippen molar-refractivity contribution in [1.29, 1.82) is 0 Å². The number of Topliss-reactive ketones (excluding diaryl/α,β-unsaturated/α-hetero) is 1. The number of unbranched alkanes of at least 4 members (excludes halogenated alkanes) is 1. The Hall–Kier alpha value is -1.98. The van der Waals surface area contributed by atoms with E-state index in [1.807, 2.05) is 19.1 Å². The van der Waals surface area contributed by atoms with Gasteiger partial charge in [-0.15, -0.1) is 0 Å². The second kappa shape index (κ2) is 11.4. The fourth-order valence-electron chi connectivity index (χ4n) is 5.46. The highest BCUT2D eigenvalue weighted by atomic mass is 16.4. The molecule has 0 N–H and O–H groups in total. The third kappa shape index (κ3) is 6.54. The van der Waals surface area contributed by atoms with Crippen LogP contribution in [-0.4, -0.2) is 53.3 Å². The molecule has 1 aromatic carbocycles.